The first-order chi connectivity index (χ1) is 17.7. The molecule has 202 valence electrons. The van der Waals surface area contributed by atoms with Crippen molar-refractivity contribution in [1.82, 2.24) is 0 Å². The molecule has 38 heavy (non-hydrogen) atoms. The van der Waals surface area contributed by atoms with Gasteiger partial charge in [0.1, 0.15) is 5.58 Å². The van der Waals surface area contributed by atoms with Gasteiger partial charge < -0.3 is 19.4 Å². The Labute approximate surface area is 213 Å². The Kier molecular flexibility index (Phi) is 7.18. The fourth-order valence-electron chi connectivity index (χ4n) is 4.35. The largest absolute Gasteiger partial charge is 0.491 e. The highest BCUT2D eigenvalue weighted by molar-refractivity contribution is 6.02. The zero-order chi connectivity index (χ0) is 27.8. The van der Waals surface area contributed by atoms with Crippen molar-refractivity contribution in [2.24, 2.45) is 0 Å². The predicted molar refractivity (Wildman–Crippen MR) is 129 cm³/mol. The van der Waals surface area contributed by atoms with Crippen LogP contribution < -0.4 is 15.6 Å². The molecular weight excluding hydrogens is 515 g/mol. The first kappa shape index (κ1) is 27.1. The van der Waals surface area contributed by atoms with Crippen molar-refractivity contribution in [3.63, 3.8) is 0 Å². The smallest absolute Gasteiger partial charge is 0.440 e. The molecule has 0 aliphatic carbocycles. The van der Waals surface area contributed by atoms with Gasteiger partial charge in [-0.25, -0.2) is 18.4 Å². The molecule has 1 aromatic heterocycles. The minimum atomic E-state index is -5.35. The second kappa shape index (κ2) is 10.1. The van der Waals surface area contributed by atoms with Gasteiger partial charge in [-0.3, -0.25) is 4.79 Å². The Morgan fingerprint density at radius 1 is 1.16 bits per heavy atom. The summed E-state index contributed by atoms with van der Waals surface area (Å²) in [4.78, 5) is 37.7. The summed E-state index contributed by atoms with van der Waals surface area (Å²) in [5.41, 5.74) is 0.572. The van der Waals surface area contributed by atoms with Crippen molar-refractivity contribution in [3.8, 4) is 0 Å². The number of esters is 2. The predicted octanol–water partition coefficient (Wildman–Crippen LogP) is 5.76. The quantitative estimate of drug-likeness (QED) is 0.251. The highest BCUT2D eigenvalue weighted by atomic mass is 19.4. The minimum Gasteiger partial charge on any atom is -0.440 e. The molecule has 0 saturated carbocycles. The Hall–Kier alpha value is -3.96. The van der Waals surface area contributed by atoms with Gasteiger partial charge >= 0.3 is 18.1 Å². The van der Waals surface area contributed by atoms with Crippen molar-refractivity contribution in [3.05, 3.63) is 69.4 Å². The number of alkyl halides is 5. The van der Waals surface area contributed by atoms with Crippen molar-refractivity contribution >= 4 is 34.5 Å². The van der Waals surface area contributed by atoms with Gasteiger partial charge in [0.25, 0.3) is 5.92 Å². The Morgan fingerprint density at radius 2 is 1.87 bits per heavy atom. The van der Waals surface area contributed by atoms with Gasteiger partial charge in [-0.2, -0.15) is 13.2 Å². The number of aryl methyl sites for hydroxylation is 1. The molecule has 4 rings (SSSR count). The van der Waals surface area contributed by atoms with Gasteiger partial charge in [0.05, 0.1) is 23.5 Å². The van der Waals surface area contributed by atoms with Gasteiger partial charge in [-0.15, -0.1) is 0 Å². The maximum atomic E-state index is 14.0. The lowest BCUT2D eigenvalue weighted by Gasteiger charge is -2.32. The summed E-state index contributed by atoms with van der Waals surface area (Å²) in [7, 11) is 0. The van der Waals surface area contributed by atoms with Crippen LogP contribution >= 0.6 is 0 Å². The van der Waals surface area contributed by atoms with Crippen molar-refractivity contribution in [2.45, 2.75) is 44.8 Å². The van der Waals surface area contributed by atoms with E-state index >= 15 is 0 Å². The number of carbonyl (C=O) groups is 2. The molecule has 3 aromatic rings. The van der Waals surface area contributed by atoms with E-state index in [1.54, 1.807) is 26.0 Å². The standard InChI is InChI=1S/C26H23F5N2O5/c1-14-10-17(15(2)32-19-7-4-3-6-16(19)23(35)38-24(36)26(29,30)31)22-18(11-14)20(34)12-21(37-22)33-9-5-8-25(27,28)13-33/h3-4,6-7,10-12,15,32H,5,8-9,13H2,1-2H3. The summed E-state index contributed by atoms with van der Waals surface area (Å²) in [6, 6.07) is 9.27. The number of nitrogens with one attached hydrogen (secondary N) is 1. The first-order valence-electron chi connectivity index (χ1n) is 11.7. The molecule has 0 bridgehead atoms. The summed E-state index contributed by atoms with van der Waals surface area (Å²) >= 11 is 0. The van der Waals surface area contributed by atoms with Gasteiger partial charge in [0.2, 0.25) is 0 Å². The van der Waals surface area contributed by atoms with Crippen LogP contribution in [-0.2, 0) is 9.53 Å². The van der Waals surface area contributed by atoms with E-state index in [2.05, 4.69) is 10.1 Å². The third-order valence-corrected chi connectivity index (χ3v) is 6.10. The second-order valence-corrected chi connectivity index (χ2v) is 9.15. The van der Waals surface area contributed by atoms with Gasteiger partial charge in [0.15, 0.2) is 11.3 Å². The summed E-state index contributed by atoms with van der Waals surface area (Å²) in [5.74, 6) is -7.08. The normalized spacial score (nSPS) is 16.2. The number of para-hydroxylation sites is 1. The van der Waals surface area contributed by atoms with Crippen LogP contribution in [0.1, 0.15) is 47.3 Å². The van der Waals surface area contributed by atoms with Crippen LogP contribution in [0.5, 0.6) is 0 Å². The molecule has 1 atom stereocenters. The molecule has 0 spiro atoms. The number of rotatable bonds is 5. The van der Waals surface area contributed by atoms with Crippen LogP contribution in [0.3, 0.4) is 0 Å². The van der Waals surface area contributed by atoms with Crippen molar-refractivity contribution in [2.75, 3.05) is 23.3 Å². The van der Waals surface area contributed by atoms with Gasteiger partial charge in [-0.05, 0) is 44.0 Å². The molecule has 2 heterocycles. The molecule has 2 aromatic carbocycles. The molecule has 1 aliphatic heterocycles. The van der Waals surface area contributed by atoms with E-state index in [-0.39, 0.29) is 47.5 Å². The highest BCUT2D eigenvalue weighted by Crippen LogP contribution is 2.34. The summed E-state index contributed by atoms with van der Waals surface area (Å²) in [6.07, 6.45) is -5.39. The second-order valence-electron chi connectivity index (χ2n) is 9.15. The van der Waals surface area contributed by atoms with Crippen LogP contribution in [0.2, 0.25) is 0 Å². The lowest BCUT2D eigenvalue weighted by Crippen LogP contribution is -2.42. The third-order valence-electron chi connectivity index (χ3n) is 6.10. The molecule has 1 aliphatic rings. The van der Waals surface area contributed by atoms with E-state index in [0.29, 0.717) is 11.1 Å². The Morgan fingerprint density at radius 3 is 2.55 bits per heavy atom. The fourth-order valence-corrected chi connectivity index (χ4v) is 4.35. The third kappa shape index (κ3) is 5.79. The molecular formula is C26H23F5N2O5. The first-order valence-corrected chi connectivity index (χ1v) is 11.7. The number of nitrogens with zero attached hydrogens (tertiary/aromatic N) is 1. The summed E-state index contributed by atoms with van der Waals surface area (Å²) in [6.45, 7) is 3.08. The maximum Gasteiger partial charge on any atom is 0.491 e. The van der Waals surface area contributed by atoms with Crippen LogP contribution in [0.15, 0.2) is 51.7 Å². The maximum absolute atomic E-state index is 14.0. The van der Waals surface area contributed by atoms with Crippen LogP contribution in [0.25, 0.3) is 11.0 Å². The zero-order valence-electron chi connectivity index (χ0n) is 20.3. The van der Waals surface area contributed by atoms with Crippen LogP contribution in [0.4, 0.5) is 33.5 Å². The minimum absolute atomic E-state index is 0.00572. The number of hydrogen-bond acceptors (Lipinski definition) is 7. The SMILES string of the molecule is Cc1cc(C(C)Nc2ccccc2C(=O)OC(=O)C(F)(F)F)c2oc(N3CCCC(F)(F)C3)cc(=O)c2c1. The molecule has 0 amide bonds. The van der Waals surface area contributed by atoms with Crippen LogP contribution in [0, 0.1) is 6.92 Å². The molecule has 1 fully saturated rings. The molecule has 1 unspecified atom stereocenters. The van der Waals surface area contributed by atoms with Crippen molar-refractivity contribution < 1.29 is 40.7 Å². The summed E-state index contributed by atoms with van der Waals surface area (Å²) < 4.78 is 75.7. The molecule has 1 N–H and O–H groups in total. The topological polar surface area (TPSA) is 88.8 Å². The van der Waals surface area contributed by atoms with E-state index in [0.717, 1.165) is 0 Å². The molecule has 1 saturated heterocycles. The van der Waals surface area contributed by atoms with Gasteiger partial charge in [-0.1, -0.05) is 18.2 Å². The Bertz CT molecular complexity index is 1450. The number of hydrogen-bond donors (Lipinski definition) is 1. The number of piperidine rings is 1. The van der Waals surface area contributed by atoms with Crippen molar-refractivity contribution in [1.29, 1.82) is 0 Å². The lowest BCUT2D eigenvalue weighted by molar-refractivity contribution is -0.193. The van der Waals surface area contributed by atoms with E-state index in [1.165, 1.54) is 35.2 Å². The fraction of sp³-hybridized carbons (Fsp3) is 0.346. The number of ether oxygens (including phenoxy) is 1. The molecule has 0 radical (unpaired) electrons. The number of anilines is 2. The molecule has 7 nitrogen and oxygen atoms in total. The van der Waals surface area contributed by atoms with Gasteiger partial charge in [0, 0.05) is 30.3 Å². The monoisotopic (exact) mass is 538 g/mol. The molecule has 12 heteroatoms. The lowest BCUT2D eigenvalue weighted by atomic mass is 10.0. The van der Waals surface area contributed by atoms with Crippen LogP contribution in [-0.4, -0.2) is 37.1 Å². The zero-order valence-corrected chi connectivity index (χ0v) is 20.3. The van der Waals surface area contributed by atoms with E-state index < -0.39 is 42.1 Å². The Balaban J connectivity index is 1.70. The number of carbonyl (C=O) groups excluding carboxylic acids is 2. The van der Waals surface area contributed by atoms with E-state index in [1.807, 2.05) is 0 Å². The number of halogens is 5. The number of benzene rings is 2. The average molecular weight is 538 g/mol. The number of fused-ring (bicyclic) bond motifs is 1. The highest BCUT2D eigenvalue weighted by Gasteiger charge is 2.43. The average Bonchev–Trinajstić information content (AvgIpc) is 2.83. The summed E-state index contributed by atoms with van der Waals surface area (Å²) in [5, 5.41) is 3.19. The van der Waals surface area contributed by atoms with E-state index in [4.69, 9.17) is 4.42 Å². The van der Waals surface area contributed by atoms with E-state index in [9.17, 15) is 36.3 Å².